The highest BCUT2D eigenvalue weighted by molar-refractivity contribution is 5.75. The van der Waals surface area contributed by atoms with Crippen LogP contribution in [-0.4, -0.2) is 30.3 Å². The van der Waals surface area contributed by atoms with Crippen LogP contribution in [0.1, 0.15) is 26.7 Å². The first-order valence-electron chi connectivity index (χ1n) is 4.40. The van der Waals surface area contributed by atoms with Crippen LogP contribution in [0.25, 0.3) is 0 Å². The smallest absolute Gasteiger partial charge is 0.129 e. The molecule has 0 unspecified atom stereocenters. The Hall–Kier alpha value is -0.370. The predicted octanol–water partition coefficient (Wildman–Crippen LogP) is 1.31. The van der Waals surface area contributed by atoms with Gasteiger partial charge in [0.1, 0.15) is 5.78 Å². The third-order valence-electron chi connectivity index (χ3n) is 2.14. The van der Waals surface area contributed by atoms with E-state index in [1.165, 1.54) is 13.1 Å². The van der Waals surface area contributed by atoms with Crippen LogP contribution < -0.4 is 0 Å². The lowest BCUT2D eigenvalue weighted by Gasteiger charge is -2.37. The number of carbonyl (C=O) groups excluding carboxylic acids is 1. The minimum atomic E-state index is 0.318. The standard InChI is InChI=1S/C9H17NO/c1-8-6-10(7-8)5-3-4-9(2)11/h8H,3-7H2,1-2H3. The average Bonchev–Trinajstić information content (AvgIpc) is 1.83. The molecule has 0 aromatic carbocycles. The summed E-state index contributed by atoms with van der Waals surface area (Å²) in [5.41, 5.74) is 0. The van der Waals surface area contributed by atoms with Crippen LogP contribution in [0.15, 0.2) is 0 Å². The molecule has 0 N–H and O–H groups in total. The van der Waals surface area contributed by atoms with E-state index < -0.39 is 0 Å². The number of carbonyl (C=O) groups is 1. The van der Waals surface area contributed by atoms with Crippen molar-refractivity contribution in [3.8, 4) is 0 Å². The minimum Gasteiger partial charge on any atom is -0.303 e. The van der Waals surface area contributed by atoms with Crippen molar-refractivity contribution in [2.24, 2.45) is 5.92 Å². The summed E-state index contributed by atoms with van der Waals surface area (Å²) in [5.74, 6) is 1.20. The molecular weight excluding hydrogens is 138 g/mol. The molecule has 11 heavy (non-hydrogen) atoms. The SMILES string of the molecule is CC(=O)CCCN1CC(C)C1. The topological polar surface area (TPSA) is 20.3 Å². The van der Waals surface area contributed by atoms with Crippen molar-refractivity contribution < 1.29 is 4.79 Å². The van der Waals surface area contributed by atoms with Crippen molar-refractivity contribution in [3.05, 3.63) is 0 Å². The third kappa shape index (κ3) is 3.02. The second-order valence-electron chi connectivity index (χ2n) is 3.67. The van der Waals surface area contributed by atoms with Gasteiger partial charge in [0.2, 0.25) is 0 Å². The Morgan fingerprint density at radius 3 is 2.64 bits per heavy atom. The van der Waals surface area contributed by atoms with Crippen LogP contribution >= 0.6 is 0 Å². The summed E-state index contributed by atoms with van der Waals surface area (Å²) in [6, 6.07) is 0. The lowest BCUT2D eigenvalue weighted by atomic mass is 10.0. The summed E-state index contributed by atoms with van der Waals surface area (Å²) in [6.45, 7) is 7.51. The molecule has 1 saturated heterocycles. The van der Waals surface area contributed by atoms with Crippen LogP contribution in [0.4, 0.5) is 0 Å². The molecule has 2 nitrogen and oxygen atoms in total. The van der Waals surface area contributed by atoms with E-state index in [0.717, 1.165) is 25.3 Å². The Morgan fingerprint density at radius 1 is 1.55 bits per heavy atom. The van der Waals surface area contributed by atoms with Gasteiger partial charge < -0.3 is 9.69 Å². The number of hydrogen-bond acceptors (Lipinski definition) is 2. The quantitative estimate of drug-likeness (QED) is 0.610. The summed E-state index contributed by atoms with van der Waals surface area (Å²) in [6.07, 6.45) is 1.80. The summed E-state index contributed by atoms with van der Waals surface area (Å²) in [5, 5.41) is 0. The number of likely N-dealkylation sites (tertiary alicyclic amines) is 1. The molecule has 0 amide bonds. The molecule has 0 aromatic heterocycles. The molecule has 64 valence electrons. The maximum Gasteiger partial charge on any atom is 0.129 e. The van der Waals surface area contributed by atoms with Crippen LogP contribution in [0.5, 0.6) is 0 Å². The van der Waals surface area contributed by atoms with E-state index in [1.54, 1.807) is 6.92 Å². The van der Waals surface area contributed by atoms with Gasteiger partial charge in [0, 0.05) is 19.5 Å². The van der Waals surface area contributed by atoms with E-state index in [0.29, 0.717) is 5.78 Å². The summed E-state index contributed by atoms with van der Waals surface area (Å²) < 4.78 is 0. The molecule has 1 fully saturated rings. The largest absolute Gasteiger partial charge is 0.303 e. The fourth-order valence-corrected chi connectivity index (χ4v) is 1.56. The molecule has 2 heteroatoms. The molecule has 1 heterocycles. The van der Waals surface area contributed by atoms with Crippen LogP contribution in [-0.2, 0) is 4.79 Å². The number of Topliss-reactive ketones (excluding diaryl/α,β-unsaturated/α-hetero) is 1. The molecule has 0 saturated carbocycles. The van der Waals surface area contributed by atoms with Gasteiger partial charge in [0.25, 0.3) is 0 Å². The molecule has 0 bridgehead atoms. The number of rotatable bonds is 4. The van der Waals surface area contributed by atoms with Gasteiger partial charge in [-0.1, -0.05) is 6.92 Å². The minimum absolute atomic E-state index is 0.318. The van der Waals surface area contributed by atoms with Gasteiger partial charge in [0.05, 0.1) is 0 Å². The molecule has 0 atom stereocenters. The highest BCUT2D eigenvalue weighted by atomic mass is 16.1. The normalized spacial score (nSPS) is 19.8. The average molecular weight is 155 g/mol. The Balaban J connectivity index is 1.92. The summed E-state index contributed by atoms with van der Waals surface area (Å²) in [4.78, 5) is 13.0. The van der Waals surface area contributed by atoms with Gasteiger partial charge in [-0.15, -0.1) is 0 Å². The molecule has 0 spiro atoms. The maximum atomic E-state index is 10.6. The van der Waals surface area contributed by atoms with Crippen molar-refractivity contribution in [1.82, 2.24) is 4.90 Å². The van der Waals surface area contributed by atoms with E-state index in [1.807, 2.05) is 0 Å². The first kappa shape index (κ1) is 8.72. The van der Waals surface area contributed by atoms with E-state index in [9.17, 15) is 4.79 Å². The molecule has 1 rings (SSSR count). The Labute approximate surface area is 68.6 Å². The van der Waals surface area contributed by atoms with Crippen molar-refractivity contribution in [1.29, 1.82) is 0 Å². The van der Waals surface area contributed by atoms with Crippen molar-refractivity contribution in [3.63, 3.8) is 0 Å². The van der Waals surface area contributed by atoms with Crippen molar-refractivity contribution in [2.75, 3.05) is 19.6 Å². The zero-order chi connectivity index (χ0) is 8.27. The van der Waals surface area contributed by atoms with Gasteiger partial charge in [-0.3, -0.25) is 0 Å². The highest BCUT2D eigenvalue weighted by Gasteiger charge is 2.21. The van der Waals surface area contributed by atoms with Crippen LogP contribution in [0.2, 0.25) is 0 Å². The summed E-state index contributed by atoms with van der Waals surface area (Å²) >= 11 is 0. The molecule has 1 aliphatic heterocycles. The zero-order valence-corrected chi connectivity index (χ0v) is 7.47. The van der Waals surface area contributed by atoms with Gasteiger partial charge in [-0.25, -0.2) is 0 Å². The lowest BCUT2D eigenvalue weighted by Crippen LogP contribution is -2.45. The Kier molecular flexibility index (Phi) is 3.06. The Morgan fingerprint density at radius 2 is 2.18 bits per heavy atom. The molecule has 0 aliphatic carbocycles. The first-order valence-corrected chi connectivity index (χ1v) is 4.40. The fraction of sp³-hybridized carbons (Fsp3) is 0.889. The number of nitrogens with zero attached hydrogens (tertiary/aromatic N) is 1. The molecule has 1 aliphatic rings. The van der Waals surface area contributed by atoms with Crippen molar-refractivity contribution in [2.45, 2.75) is 26.7 Å². The van der Waals surface area contributed by atoms with Crippen molar-refractivity contribution >= 4 is 5.78 Å². The number of ketones is 1. The third-order valence-corrected chi connectivity index (χ3v) is 2.14. The monoisotopic (exact) mass is 155 g/mol. The fourth-order valence-electron chi connectivity index (χ4n) is 1.56. The van der Waals surface area contributed by atoms with Crippen LogP contribution in [0.3, 0.4) is 0 Å². The van der Waals surface area contributed by atoms with Crippen LogP contribution in [0, 0.1) is 5.92 Å². The van der Waals surface area contributed by atoms with Gasteiger partial charge in [-0.2, -0.15) is 0 Å². The van der Waals surface area contributed by atoms with Gasteiger partial charge in [0.15, 0.2) is 0 Å². The van der Waals surface area contributed by atoms with E-state index in [2.05, 4.69) is 11.8 Å². The summed E-state index contributed by atoms with van der Waals surface area (Å²) in [7, 11) is 0. The molecule has 0 radical (unpaired) electrons. The maximum absolute atomic E-state index is 10.6. The zero-order valence-electron chi connectivity index (χ0n) is 7.47. The molecule has 0 aromatic rings. The van der Waals surface area contributed by atoms with Gasteiger partial charge in [-0.05, 0) is 25.8 Å². The molecular formula is C9H17NO. The van der Waals surface area contributed by atoms with E-state index in [4.69, 9.17) is 0 Å². The second-order valence-corrected chi connectivity index (χ2v) is 3.67. The second kappa shape index (κ2) is 3.86. The highest BCUT2D eigenvalue weighted by Crippen LogP contribution is 2.14. The lowest BCUT2D eigenvalue weighted by molar-refractivity contribution is -0.117. The van der Waals surface area contributed by atoms with E-state index >= 15 is 0 Å². The Bertz CT molecular complexity index is 138. The van der Waals surface area contributed by atoms with E-state index in [-0.39, 0.29) is 0 Å². The number of hydrogen-bond donors (Lipinski definition) is 0. The predicted molar refractivity (Wildman–Crippen MR) is 45.5 cm³/mol. The van der Waals surface area contributed by atoms with Gasteiger partial charge >= 0.3 is 0 Å². The first-order chi connectivity index (χ1) is 5.18.